The van der Waals surface area contributed by atoms with Crippen molar-refractivity contribution < 1.29 is 14.5 Å². The van der Waals surface area contributed by atoms with Gasteiger partial charge in [-0.1, -0.05) is 30.3 Å². The number of nitrogens with zero attached hydrogens (tertiary/aromatic N) is 2. The summed E-state index contributed by atoms with van der Waals surface area (Å²) in [7, 11) is 0. The second kappa shape index (κ2) is 7.65. The van der Waals surface area contributed by atoms with E-state index in [4.69, 9.17) is 0 Å². The van der Waals surface area contributed by atoms with Gasteiger partial charge in [-0.05, 0) is 29.2 Å². The Labute approximate surface area is 144 Å². The van der Waals surface area contributed by atoms with Gasteiger partial charge in [0.05, 0.1) is 6.20 Å². The van der Waals surface area contributed by atoms with Crippen LogP contribution in [-0.4, -0.2) is 15.9 Å². The van der Waals surface area contributed by atoms with E-state index < -0.39 is 0 Å². The highest BCUT2D eigenvalue weighted by atomic mass is 79.9. The summed E-state index contributed by atoms with van der Waals surface area (Å²) in [5.41, 5.74) is 2.40. The molecule has 0 saturated carbocycles. The number of carbonyl (C=O) groups excluding carboxylic acids is 1. The number of aromatic nitrogens is 2. The number of phenolic OH excluding ortho intramolecular Hbond substituents is 1. The SMILES string of the molecule is Br.O=C(C[n+]1ccc(-c2ccc(O)cc2)nc1)c1ccccc1. The molecule has 3 rings (SSSR count). The molecule has 0 spiro atoms. The molecule has 0 aliphatic heterocycles. The van der Waals surface area contributed by atoms with Crippen LogP contribution in [-0.2, 0) is 6.54 Å². The Balaban J connectivity index is 0.00000192. The summed E-state index contributed by atoms with van der Waals surface area (Å²) in [6.07, 6.45) is 3.47. The monoisotopic (exact) mass is 371 g/mol. The molecule has 1 N–H and O–H groups in total. The topological polar surface area (TPSA) is 54.1 Å². The Bertz CT molecular complexity index is 772. The summed E-state index contributed by atoms with van der Waals surface area (Å²) in [6.45, 7) is 0.257. The van der Waals surface area contributed by atoms with Crippen molar-refractivity contribution in [1.29, 1.82) is 0 Å². The minimum absolute atomic E-state index is 0. The quantitative estimate of drug-likeness (QED) is 0.565. The van der Waals surface area contributed by atoms with Crippen LogP contribution in [0.25, 0.3) is 11.3 Å². The number of hydrogen-bond donors (Lipinski definition) is 1. The van der Waals surface area contributed by atoms with Crippen molar-refractivity contribution in [3.05, 3.63) is 78.8 Å². The Hall–Kier alpha value is -2.53. The van der Waals surface area contributed by atoms with E-state index in [1.54, 1.807) is 47.3 Å². The minimum atomic E-state index is 0. The third-order valence-corrected chi connectivity index (χ3v) is 3.35. The van der Waals surface area contributed by atoms with Crippen molar-refractivity contribution in [3.8, 4) is 17.0 Å². The first-order valence-electron chi connectivity index (χ1n) is 6.95. The van der Waals surface area contributed by atoms with Crippen LogP contribution in [0.5, 0.6) is 5.75 Å². The maximum Gasteiger partial charge on any atom is 0.287 e. The molecule has 116 valence electrons. The summed E-state index contributed by atoms with van der Waals surface area (Å²) in [6, 6.07) is 17.9. The van der Waals surface area contributed by atoms with Crippen molar-refractivity contribution in [2.75, 3.05) is 0 Å². The minimum Gasteiger partial charge on any atom is -0.508 e. The van der Waals surface area contributed by atoms with E-state index in [0.29, 0.717) is 5.56 Å². The second-order valence-corrected chi connectivity index (χ2v) is 4.95. The molecule has 0 amide bonds. The molecule has 5 heteroatoms. The lowest BCUT2D eigenvalue weighted by atomic mass is 10.1. The van der Waals surface area contributed by atoms with Crippen LogP contribution in [0.2, 0.25) is 0 Å². The van der Waals surface area contributed by atoms with Crippen LogP contribution in [0.4, 0.5) is 0 Å². The summed E-state index contributed by atoms with van der Waals surface area (Å²) < 4.78 is 1.75. The third kappa shape index (κ3) is 4.23. The predicted molar refractivity (Wildman–Crippen MR) is 92.6 cm³/mol. The highest BCUT2D eigenvalue weighted by Gasteiger charge is 2.11. The molecule has 0 aliphatic carbocycles. The number of rotatable bonds is 4. The fourth-order valence-electron chi connectivity index (χ4n) is 2.16. The zero-order valence-corrected chi connectivity index (χ0v) is 14.0. The van der Waals surface area contributed by atoms with Crippen molar-refractivity contribution in [1.82, 2.24) is 4.98 Å². The molecule has 0 radical (unpaired) electrons. The zero-order valence-electron chi connectivity index (χ0n) is 12.3. The Morgan fingerprint density at radius 3 is 2.30 bits per heavy atom. The highest BCUT2D eigenvalue weighted by Crippen LogP contribution is 2.18. The van der Waals surface area contributed by atoms with Gasteiger partial charge < -0.3 is 5.11 Å². The van der Waals surface area contributed by atoms with Gasteiger partial charge in [0.2, 0.25) is 5.78 Å². The van der Waals surface area contributed by atoms with E-state index in [9.17, 15) is 9.90 Å². The average molecular weight is 372 g/mol. The van der Waals surface area contributed by atoms with Crippen molar-refractivity contribution in [2.45, 2.75) is 6.54 Å². The average Bonchev–Trinajstić information content (AvgIpc) is 2.57. The van der Waals surface area contributed by atoms with Crippen LogP contribution in [0.1, 0.15) is 10.4 Å². The lowest BCUT2D eigenvalue weighted by Gasteiger charge is -2.00. The Morgan fingerprint density at radius 1 is 1.00 bits per heavy atom. The molecule has 0 fully saturated rings. The number of Topliss-reactive ketones (excluding diaryl/α,β-unsaturated/α-hetero) is 1. The molecular formula is C18H16BrN2O2+. The van der Waals surface area contributed by atoms with Gasteiger partial charge in [-0.2, -0.15) is 0 Å². The molecule has 2 aromatic carbocycles. The van der Waals surface area contributed by atoms with Crippen LogP contribution in [0.3, 0.4) is 0 Å². The van der Waals surface area contributed by atoms with E-state index in [-0.39, 0.29) is 35.1 Å². The van der Waals surface area contributed by atoms with Crippen LogP contribution in [0, 0.1) is 0 Å². The number of aromatic hydroxyl groups is 1. The van der Waals surface area contributed by atoms with E-state index in [0.717, 1.165) is 11.3 Å². The number of halogens is 1. The maximum atomic E-state index is 12.1. The number of ketones is 1. The summed E-state index contributed by atoms with van der Waals surface area (Å²) in [5, 5.41) is 9.29. The standard InChI is InChI=1S/C18H14N2O2.BrH/c21-16-8-6-14(7-9-16)17-10-11-20(13-19-17)12-18(22)15-4-2-1-3-5-15;/h1-11,13H,12H2;1H/p+1. The molecule has 0 aliphatic rings. The fraction of sp³-hybridized carbons (Fsp3) is 0.0556. The number of hydrogen-bond acceptors (Lipinski definition) is 3. The first kappa shape index (κ1) is 16.8. The van der Waals surface area contributed by atoms with Gasteiger partial charge in [0.1, 0.15) is 5.75 Å². The van der Waals surface area contributed by atoms with Crippen molar-refractivity contribution in [2.24, 2.45) is 0 Å². The van der Waals surface area contributed by atoms with Gasteiger partial charge in [0, 0.05) is 17.2 Å². The summed E-state index contributed by atoms with van der Waals surface area (Å²) in [5.74, 6) is 0.271. The molecule has 0 saturated heterocycles. The number of carbonyl (C=O) groups is 1. The molecule has 0 unspecified atom stereocenters. The fourth-order valence-corrected chi connectivity index (χ4v) is 2.16. The lowest BCUT2D eigenvalue weighted by molar-refractivity contribution is -0.686. The largest absolute Gasteiger partial charge is 0.508 e. The molecule has 4 nitrogen and oxygen atoms in total. The maximum absolute atomic E-state index is 12.1. The molecule has 3 aromatic rings. The molecular weight excluding hydrogens is 356 g/mol. The van der Waals surface area contributed by atoms with E-state index in [1.165, 1.54) is 0 Å². The molecule has 1 heterocycles. The summed E-state index contributed by atoms with van der Waals surface area (Å²) in [4.78, 5) is 16.5. The van der Waals surface area contributed by atoms with Crippen molar-refractivity contribution >= 4 is 22.8 Å². The first-order valence-corrected chi connectivity index (χ1v) is 6.95. The molecule has 0 atom stereocenters. The van der Waals surface area contributed by atoms with E-state index >= 15 is 0 Å². The Morgan fingerprint density at radius 2 is 1.70 bits per heavy atom. The van der Waals surface area contributed by atoms with Gasteiger partial charge in [-0.15, -0.1) is 17.0 Å². The number of benzene rings is 2. The van der Waals surface area contributed by atoms with Gasteiger partial charge in [-0.3, -0.25) is 4.79 Å². The highest BCUT2D eigenvalue weighted by molar-refractivity contribution is 8.93. The second-order valence-electron chi connectivity index (χ2n) is 4.95. The normalized spacial score (nSPS) is 9.91. The van der Waals surface area contributed by atoms with Crippen LogP contribution < -0.4 is 4.57 Å². The van der Waals surface area contributed by atoms with Crippen LogP contribution >= 0.6 is 17.0 Å². The lowest BCUT2D eigenvalue weighted by Crippen LogP contribution is -2.37. The van der Waals surface area contributed by atoms with Gasteiger partial charge in [0.25, 0.3) is 6.33 Å². The van der Waals surface area contributed by atoms with Gasteiger partial charge in [0.15, 0.2) is 12.2 Å². The van der Waals surface area contributed by atoms with Crippen molar-refractivity contribution in [3.63, 3.8) is 0 Å². The predicted octanol–water partition coefficient (Wildman–Crippen LogP) is 3.20. The summed E-state index contributed by atoms with van der Waals surface area (Å²) >= 11 is 0. The van der Waals surface area contributed by atoms with E-state index in [1.807, 2.05) is 30.5 Å². The van der Waals surface area contributed by atoms with Crippen LogP contribution in [0.15, 0.2) is 73.2 Å². The molecule has 0 bridgehead atoms. The van der Waals surface area contributed by atoms with Gasteiger partial charge in [-0.25, -0.2) is 4.57 Å². The first-order chi connectivity index (χ1) is 10.7. The number of phenols is 1. The molecule has 23 heavy (non-hydrogen) atoms. The molecule has 1 aromatic heterocycles. The van der Waals surface area contributed by atoms with Gasteiger partial charge >= 0.3 is 0 Å². The zero-order chi connectivity index (χ0) is 15.4. The third-order valence-electron chi connectivity index (χ3n) is 3.35. The smallest absolute Gasteiger partial charge is 0.287 e. The Kier molecular flexibility index (Phi) is 5.60. The van der Waals surface area contributed by atoms with E-state index in [2.05, 4.69) is 4.98 Å².